The number of hydrogen-bond acceptors (Lipinski definition) is 3. The molecule has 1 heterocycles. The van der Waals surface area contributed by atoms with Crippen LogP contribution in [-0.2, 0) is 13.5 Å². The SMILES string of the molecule is CNC(Cc1c(C)nn(C)c1Cl)C1(N(C)C)CCCC1. The van der Waals surface area contributed by atoms with Crippen LogP contribution in [-0.4, -0.2) is 47.4 Å². The van der Waals surface area contributed by atoms with Gasteiger partial charge in [-0.3, -0.25) is 4.68 Å². The normalized spacial score (nSPS) is 19.8. The summed E-state index contributed by atoms with van der Waals surface area (Å²) >= 11 is 6.41. The number of nitrogens with one attached hydrogen (secondary N) is 1. The molecular formula is C15H27ClN4. The summed E-state index contributed by atoms with van der Waals surface area (Å²) < 4.78 is 1.77. The molecule has 1 saturated carbocycles. The molecule has 1 aromatic heterocycles. The van der Waals surface area contributed by atoms with Gasteiger partial charge in [0.2, 0.25) is 0 Å². The largest absolute Gasteiger partial charge is 0.315 e. The number of aryl methyl sites for hydroxylation is 2. The van der Waals surface area contributed by atoms with E-state index >= 15 is 0 Å². The first-order chi connectivity index (χ1) is 9.42. The van der Waals surface area contributed by atoms with Gasteiger partial charge in [-0.2, -0.15) is 5.10 Å². The molecule has 2 rings (SSSR count). The summed E-state index contributed by atoms with van der Waals surface area (Å²) in [7, 11) is 8.37. The molecule has 114 valence electrons. The lowest BCUT2D eigenvalue weighted by molar-refractivity contribution is 0.108. The lowest BCUT2D eigenvalue weighted by atomic mass is 9.83. The molecule has 1 atom stereocenters. The molecule has 1 N–H and O–H groups in total. The molecule has 4 nitrogen and oxygen atoms in total. The van der Waals surface area contributed by atoms with Gasteiger partial charge in [0, 0.05) is 24.2 Å². The first kappa shape index (κ1) is 15.8. The van der Waals surface area contributed by atoms with E-state index in [0.29, 0.717) is 6.04 Å². The second kappa shape index (κ2) is 6.04. The van der Waals surface area contributed by atoms with Crippen LogP contribution in [0.4, 0.5) is 0 Å². The molecule has 1 unspecified atom stereocenters. The Morgan fingerprint density at radius 1 is 1.40 bits per heavy atom. The molecule has 0 aliphatic heterocycles. The zero-order chi connectivity index (χ0) is 14.9. The molecular weight excluding hydrogens is 272 g/mol. The minimum absolute atomic E-state index is 0.236. The van der Waals surface area contributed by atoms with Crippen molar-refractivity contribution in [1.29, 1.82) is 0 Å². The van der Waals surface area contributed by atoms with Crippen molar-refractivity contribution in [1.82, 2.24) is 20.0 Å². The maximum atomic E-state index is 6.41. The Kier molecular flexibility index (Phi) is 4.77. The van der Waals surface area contributed by atoms with Crippen molar-refractivity contribution in [2.75, 3.05) is 21.1 Å². The fourth-order valence-corrected chi connectivity index (χ4v) is 4.02. The molecule has 1 aliphatic rings. The van der Waals surface area contributed by atoms with E-state index in [0.717, 1.165) is 17.3 Å². The standard InChI is InChI=1S/C15H27ClN4/c1-11-12(14(16)20(5)18-11)10-13(17-2)15(19(3)4)8-6-7-9-15/h13,17H,6-10H2,1-5H3. The van der Waals surface area contributed by atoms with Crippen molar-refractivity contribution in [2.24, 2.45) is 7.05 Å². The van der Waals surface area contributed by atoms with Gasteiger partial charge in [-0.25, -0.2) is 0 Å². The van der Waals surface area contributed by atoms with E-state index in [-0.39, 0.29) is 5.54 Å². The van der Waals surface area contributed by atoms with E-state index < -0.39 is 0 Å². The average molecular weight is 299 g/mol. The number of halogens is 1. The van der Waals surface area contributed by atoms with Crippen LogP contribution in [0.15, 0.2) is 0 Å². The maximum absolute atomic E-state index is 6.41. The van der Waals surface area contributed by atoms with Crippen LogP contribution in [0.3, 0.4) is 0 Å². The van der Waals surface area contributed by atoms with Crippen molar-refractivity contribution in [2.45, 2.75) is 50.6 Å². The Hall–Kier alpha value is -0.580. The highest BCUT2D eigenvalue weighted by molar-refractivity contribution is 6.30. The van der Waals surface area contributed by atoms with E-state index in [4.69, 9.17) is 11.6 Å². The quantitative estimate of drug-likeness (QED) is 0.906. The van der Waals surface area contributed by atoms with Gasteiger partial charge < -0.3 is 10.2 Å². The second-order valence-corrected chi connectivity index (χ2v) is 6.59. The zero-order valence-electron chi connectivity index (χ0n) is 13.3. The third-order valence-electron chi connectivity index (χ3n) is 5.04. The Bertz CT molecular complexity index is 461. The summed E-state index contributed by atoms with van der Waals surface area (Å²) in [5.74, 6) is 0. The van der Waals surface area contributed by atoms with Crippen LogP contribution >= 0.6 is 11.6 Å². The van der Waals surface area contributed by atoms with E-state index in [2.05, 4.69) is 36.5 Å². The van der Waals surface area contributed by atoms with Crippen LogP contribution in [0.5, 0.6) is 0 Å². The number of aromatic nitrogens is 2. The molecule has 1 aromatic rings. The van der Waals surface area contributed by atoms with Gasteiger partial charge in [-0.05, 0) is 47.3 Å². The fraction of sp³-hybridized carbons (Fsp3) is 0.800. The van der Waals surface area contributed by atoms with Crippen LogP contribution < -0.4 is 5.32 Å². The van der Waals surface area contributed by atoms with Gasteiger partial charge in [0.25, 0.3) is 0 Å². The van der Waals surface area contributed by atoms with Gasteiger partial charge in [-0.1, -0.05) is 24.4 Å². The Balaban J connectivity index is 2.28. The van der Waals surface area contributed by atoms with E-state index in [9.17, 15) is 0 Å². The van der Waals surface area contributed by atoms with Crippen molar-refractivity contribution in [3.63, 3.8) is 0 Å². The highest BCUT2D eigenvalue weighted by atomic mass is 35.5. The molecule has 0 amide bonds. The van der Waals surface area contributed by atoms with Crippen LogP contribution in [0.25, 0.3) is 0 Å². The minimum Gasteiger partial charge on any atom is -0.315 e. The summed E-state index contributed by atoms with van der Waals surface area (Å²) in [5, 5.41) is 8.75. The van der Waals surface area contributed by atoms with Crippen molar-refractivity contribution in [3.05, 3.63) is 16.4 Å². The predicted molar refractivity (Wildman–Crippen MR) is 84.4 cm³/mol. The molecule has 0 spiro atoms. The Morgan fingerprint density at radius 3 is 2.40 bits per heavy atom. The number of likely N-dealkylation sites (N-methyl/N-ethyl adjacent to an activating group) is 2. The van der Waals surface area contributed by atoms with Gasteiger partial charge in [0.05, 0.1) is 5.69 Å². The molecule has 1 aliphatic carbocycles. The molecule has 0 aromatic carbocycles. The van der Waals surface area contributed by atoms with Crippen molar-refractivity contribution >= 4 is 11.6 Å². The van der Waals surface area contributed by atoms with Crippen molar-refractivity contribution < 1.29 is 0 Å². The zero-order valence-corrected chi connectivity index (χ0v) is 14.1. The fourth-order valence-electron chi connectivity index (χ4n) is 3.77. The number of rotatable bonds is 5. The maximum Gasteiger partial charge on any atom is 0.130 e. The predicted octanol–water partition coefficient (Wildman–Crippen LogP) is 2.39. The van der Waals surface area contributed by atoms with Crippen LogP contribution in [0.2, 0.25) is 5.15 Å². The van der Waals surface area contributed by atoms with Gasteiger partial charge in [0.1, 0.15) is 5.15 Å². The third-order valence-corrected chi connectivity index (χ3v) is 5.51. The van der Waals surface area contributed by atoms with Gasteiger partial charge in [-0.15, -0.1) is 0 Å². The van der Waals surface area contributed by atoms with E-state index in [1.54, 1.807) is 4.68 Å². The molecule has 5 heteroatoms. The summed E-state index contributed by atoms with van der Waals surface area (Å²) in [6, 6.07) is 0.403. The number of nitrogens with zero attached hydrogens (tertiary/aromatic N) is 3. The third kappa shape index (κ3) is 2.61. The highest BCUT2D eigenvalue weighted by Crippen LogP contribution is 2.38. The Labute approximate surface area is 127 Å². The van der Waals surface area contributed by atoms with Crippen molar-refractivity contribution in [3.8, 4) is 0 Å². The molecule has 0 radical (unpaired) electrons. The Morgan fingerprint density at radius 2 is 2.00 bits per heavy atom. The van der Waals surface area contributed by atoms with Gasteiger partial charge >= 0.3 is 0 Å². The second-order valence-electron chi connectivity index (χ2n) is 6.23. The van der Waals surface area contributed by atoms with Gasteiger partial charge in [0.15, 0.2) is 0 Å². The summed E-state index contributed by atoms with van der Waals surface area (Å²) in [6.07, 6.45) is 6.07. The van der Waals surface area contributed by atoms with E-state index in [1.165, 1.54) is 31.2 Å². The molecule has 20 heavy (non-hydrogen) atoms. The minimum atomic E-state index is 0.236. The monoisotopic (exact) mass is 298 g/mol. The van der Waals surface area contributed by atoms with E-state index in [1.807, 2.05) is 14.0 Å². The smallest absolute Gasteiger partial charge is 0.130 e. The summed E-state index contributed by atoms with van der Waals surface area (Å²) in [5.41, 5.74) is 2.46. The lowest BCUT2D eigenvalue weighted by Crippen LogP contribution is -2.57. The molecule has 0 bridgehead atoms. The number of hydrogen-bond donors (Lipinski definition) is 1. The summed E-state index contributed by atoms with van der Waals surface area (Å²) in [6.45, 7) is 2.05. The first-order valence-corrected chi connectivity index (χ1v) is 7.83. The average Bonchev–Trinajstić information content (AvgIpc) is 2.97. The topological polar surface area (TPSA) is 33.1 Å². The van der Waals surface area contributed by atoms with Crippen LogP contribution in [0.1, 0.15) is 36.9 Å². The lowest BCUT2D eigenvalue weighted by Gasteiger charge is -2.43. The van der Waals surface area contributed by atoms with Crippen LogP contribution in [0, 0.1) is 6.92 Å². The summed E-state index contributed by atoms with van der Waals surface area (Å²) in [4.78, 5) is 2.40. The first-order valence-electron chi connectivity index (χ1n) is 7.45. The highest BCUT2D eigenvalue weighted by Gasteiger charge is 2.42. The molecule has 0 saturated heterocycles. The molecule has 1 fully saturated rings.